The van der Waals surface area contributed by atoms with Gasteiger partial charge in [0, 0.05) is 6.54 Å². The number of carbonyl (C=O) groups is 1. The first-order valence-corrected chi connectivity index (χ1v) is 7.04. The first-order chi connectivity index (χ1) is 8.32. The largest absolute Gasteiger partial charge is 0.506 e. The predicted octanol–water partition coefficient (Wildman–Crippen LogP) is 3.12. The molecule has 0 radical (unpaired) electrons. The highest BCUT2D eigenvalue weighted by molar-refractivity contribution is 9.11. The monoisotopic (exact) mass is 379 g/mol. The number of carboxylic acid groups (broad SMARTS) is 1. The Bertz CT molecular complexity index is 426. The van der Waals surface area contributed by atoms with Crippen LogP contribution in [-0.2, 0) is 11.3 Å². The van der Waals surface area contributed by atoms with Gasteiger partial charge < -0.3 is 15.5 Å². The Morgan fingerprint density at radius 1 is 1.33 bits per heavy atom. The van der Waals surface area contributed by atoms with E-state index in [-0.39, 0.29) is 11.7 Å². The Kier molecular flexibility index (Phi) is 5.62. The molecule has 6 heteroatoms. The van der Waals surface area contributed by atoms with Crippen LogP contribution in [0.25, 0.3) is 0 Å². The van der Waals surface area contributed by atoms with Gasteiger partial charge in [-0.3, -0.25) is 4.79 Å². The van der Waals surface area contributed by atoms with Crippen LogP contribution in [0.2, 0.25) is 0 Å². The minimum absolute atomic E-state index is 0.00602. The van der Waals surface area contributed by atoms with E-state index in [1.54, 1.807) is 12.1 Å². The zero-order chi connectivity index (χ0) is 13.9. The molecule has 0 fully saturated rings. The van der Waals surface area contributed by atoms with Crippen molar-refractivity contribution in [2.24, 2.45) is 5.92 Å². The van der Waals surface area contributed by atoms with Crippen molar-refractivity contribution < 1.29 is 15.0 Å². The van der Waals surface area contributed by atoms with Gasteiger partial charge in [0.25, 0.3) is 0 Å². The Labute approximate surface area is 123 Å². The van der Waals surface area contributed by atoms with Crippen LogP contribution in [0.3, 0.4) is 0 Å². The van der Waals surface area contributed by atoms with E-state index in [4.69, 9.17) is 5.11 Å². The number of aliphatic carboxylic acids is 1. The van der Waals surface area contributed by atoms with Gasteiger partial charge in [-0.25, -0.2) is 0 Å². The number of phenols is 1. The van der Waals surface area contributed by atoms with Gasteiger partial charge in [-0.1, -0.05) is 13.8 Å². The molecule has 0 spiro atoms. The van der Waals surface area contributed by atoms with Crippen molar-refractivity contribution in [3.8, 4) is 5.75 Å². The first-order valence-electron chi connectivity index (χ1n) is 5.46. The van der Waals surface area contributed by atoms with Gasteiger partial charge in [-0.15, -0.1) is 0 Å². The van der Waals surface area contributed by atoms with Crippen LogP contribution in [0, 0.1) is 5.92 Å². The molecule has 1 atom stereocenters. The van der Waals surface area contributed by atoms with Crippen molar-refractivity contribution in [2.45, 2.75) is 26.4 Å². The third-order valence-corrected chi connectivity index (χ3v) is 3.74. The van der Waals surface area contributed by atoms with Gasteiger partial charge in [-0.2, -0.15) is 0 Å². The average molecular weight is 381 g/mol. The average Bonchev–Trinajstić information content (AvgIpc) is 2.24. The summed E-state index contributed by atoms with van der Waals surface area (Å²) in [6.07, 6.45) is 0. The zero-order valence-corrected chi connectivity index (χ0v) is 13.2. The fraction of sp³-hybridized carbons (Fsp3) is 0.417. The molecule has 18 heavy (non-hydrogen) atoms. The van der Waals surface area contributed by atoms with E-state index < -0.39 is 12.0 Å². The number of phenolic OH excluding ortho intramolecular Hbond substituents is 1. The van der Waals surface area contributed by atoms with Crippen molar-refractivity contribution in [3.63, 3.8) is 0 Å². The molecule has 1 rings (SSSR count). The van der Waals surface area contributed by atoms with Crippen LogP contribution < -0.4 is 5.32 Å². The Hall–Kier alpha value is -0.590. The number of halogens is 2. The lowest BCUT2D eigenvalue weighted by atomic mass is 10.0. The van der Waals surface area contributed by atoms with Gasteiger partial charge in [0.1, 0.15) is 11.8 Å². The highest BCUT2D eigenvalue weighted by Gasteiger charge is 2.20. The molecule has 0 heterocycles. The topological polar surface area (TPSA) is 69.6 Å². The molecule has 1 unspecified atom stereocenters. The van der Waals surface area contributed by atoms with E-state index in [9.17, 15) is 9.90 Å². The Balaban J connectivity index is 2.77. The van der Waals surface area contributed by atoms with Crippen LogP contribution in [0.4, 0.5) is 0 Å². The lowest BCUT2D eigenvalue weighted by Gasteiger charge is -2.18. The van der Waals surface area contributed by atoms with Crippen LogP contribution >= 0.6 is 31.9 Å². The molecule has 0 aliphatic heterocycles. The SMILES string of the molecule is CC(C)C(NCc1cc(Br)c(O)c(Br)c1)C(=O)O. The van der Waals surface area contributed by atoms with Gasteiger partial charge in [0.15, 0.2) is 0 Å². The van der Waals surface area contributed by atoms with E-state index in [1.807, 2.05) is 13.8 Å². The quantitative estimate of drug-likeness (QED) is 0.733. The minimum Gasteiger partial charge on any atom is -0.506 e. The molecule has 0 saturated carbocycles. The molecule has 3 N–H and O–H groups in total. The number of aromatic hydroxyl groups is 1. The van der Waals surface area contributed by atoms with Gasteiger partial charge in [0.2, 0.25) is 0 Å². The molecular formula is C12H15Br2NO3. The van der Waals surface area contributed by atoms with E-state index in [2.05, 4.69) is 37.2 Å². The van der Waals surface area contributed by atoms with Crippen molar-refractivity contribution in [1.29, 1.82) is 0 Å². The Morgan fingerprint density at radius 2 is 1.83 bits per heavy atom. The van der Waals surface area contributed by atoms with Crippen molar-refractivity contribution >= 4 is 37.8 Å². The van der Waals surface area contributed by atoms with Crippen LogP contribution in [0.5, 0.6) is 5.75 Å². The van der Waals surface area contributed by atoms with Gasteiger partial charge >= 0.3 is 5.97 Å². The number of rotatable bonds is 5. The molecule has 1 aromatic carbocycles. The predicted molar refractivity (Wildman–Crippen MR) is 76.6 cm³/mol. The second-order valence-electron chi connectivity index (χ2n) is 4.35. The number of hydrogen-bond acceptors (Lipinski definition) is 3. The summed E-state index contributed by atoms with van der Waals surface area (Å²) in [5, 5.41) is 21.6. The number of benzene rings is 1. The van der Waals surface area contributed by atoms with E-state index >= 15 is 0 Å². The maximum atomic E-state index is 11.0. The Morgan fingerprint density at radius 3 is 2.22 bits per heavy atom. The molecule has 4 nitrogen and oxygen atoms in total. The second kappa shape index (κ2) is 6.54. The van der Waals surface area contributed by atoms with Crippen LogP contribution in [0.15, 0.2) is 21.1 Å². The summed E-state index contributed by atoms with van der Waals surface area (Å²) >= 11 is 6.48. The highest BCUT2D eigenvalue weighted by Crippen LogP contribution is 2.33. The van der Waals surface area contributed by atoms with E-state index in [0.717, 1.165) is 5.56 Å². The first kappa shape index (κ1) is 15.5. The molecule has 0 saturated heterocycles. The summed E-state index contributed by atoms with van der Waals surface area (Å²) in [4.78, 5) is 11.0. The minimum atomic E-state index is -0.859. The molecule has 0 amide bonds. The van der Waals surface area contributed by atoms with Crippen LogP contribution in [-0.4, -0.2) is 22.2 Å². The third-order valence-electron chi connectivity index (χ3n) is 2.54. The lowest BCUT2D eigenvalue weighted by Crippen LogP contribution is -2.40. The standard InChI is InChI=1S/C12H15Br2NO3/c1-6(2)10(12(17)18)15-5-7-3-8(13)11(16)9(14)4-7/h3-4,6,10,15-16H,5H2,1-2H3,(H,17,18). The van der Waals surface area contributed by atoms with Crippen molar-refractivity contribution in [2.75, 3.05) is 0 Å². The number of carboxylic acids is 1. The van der Waals surface area contributed by atoms with E-state index in [0.29, 0.717) is 15.5 Å². The second-order valence-corrected chi connectivity index (χ2v) is 6.06. The normalized spacial score (nSPS) is 12.7. The summed E-state index contributed by atoms with van der Waals surface area (Å²) in [5.41, 5.74) is 0.887. The molecule has 0 aromatic heterocycles. The summed E-state index contributed by atoms with van der Waals surface area (Å²) in [5.74, 6) is -0.717. The maximum Gasteiger partial charge on any atom is 0.320 e. The summed E-state index contributed by atoms with van der Waals surface area (Å²) in [6.45, 7) is 4.13. The molecule has 1 aromatic rings. The molecule has 0 aliphatic rings. The van der Waals surface area contributed by atoms with Crippen molar-refractivity contribution in [3.05, 3.63) is 26.6 Å². The molecule has 0 bridgehead atoms. The maximum absolute atomic E-state index is 11.0. The fourth-order valence-corrected chi connectivity index (χ4v) is 2.84. The fourth-order valence-electron chi connectivity index (χ4n) is 1.56. The summed E-state index contributed by atoms with van der Waals surface area (Å²) in [7, 11) is 0. The summed E-state index contributed by atoms with van der Waals surface area (Å²) in [6, 6.07) is 2.93. The van der Waals surface area contributed by atoms with Gasteiger partial charge in [-0.05, 0) is 55.5 Å². The smallest absolute Gasteiger partial charge is 0.320 e. The summed E-state index contributed by atoms with van der Waals surface area (Å²) < 4.78 is 1.15. The molecular weight excluding hydrogens is 366 g/mol. The lowest BCUT2D eigenvalue weighted by molar-refractivity contribution is -0.140. The van der Waals surface area contributed by atoms with Crippen molar-refractivity contribution in [1.82, 2.24) is 5.32 Å². The van der Waals surface area contributed by atoms with E-state index in [1.165, 1.54) is 0 Å². The highest BCUT2D eigenvalue weighted by atomic mass is 79.9. The number of hydrogen-bond donors (Lipinski definition) is 3. The molecule has 0 aliphatic carbocycles. The molecule has 100 valence electrons. The van der Waals surface area contributed by atoms with Gasteiger partial charge in [0.05, 0.1) is 8.95 Å². The number of nitrogens with one attached hydrogen (secondary N) is 1. The third kappa shape index (κ3) is 3.96. The van der Waals surface area contributed by atoms with Crippen LogP contribution in [0.1, 0.15) is 19.4 Å². The zero-order valence-electron chi connectivity index (χ0n) is 10.1.